The molecule has 0 aliphatic carbocycles. The maximum absolute atomic E-state index is 14.0. The molecule has 0 saturated carbocycles. The van der Waals surface area contributed by atoms with Crippen LogP contribution in [0.15, 0.2) is 42.7 Å². The summed E-state index contributed by atoms with van der Waals surface area (Å²) in [5, 5.41) is 3.86. The number of benzene rings is 1. The Kier molecular flexibility index (Phi) is 4.88. The van der Waals surface area contributed by atoms with Crippen LogP contribution < -0.4 is 5.32 Å². The fourth-order valence-electron chi connectivity index (χ4n) is 1.98. The molecule has 0 fully saturated rings. The van der Waals surface area contributed by atoms with Crippen LogP contribution >= 0.6 is 11.6 Å². The summed E-state index contributed by atoms with van der Waals surface area (Å²) in [6, 6.07) is 8.17. The zero-order chi connectivity index (χ0) is 13.7. The van der Waals surface area contributed by atoms with Crippen molar-refractivity contribution in [3.05, 3.63) is 64.7 Å². The van der Waals surface area contributed by atoms with E-state index in [1.807, 2.05) is 12.1 Å². The Hall–Kier alpha value is -1.45. The van der Waals surface area contributed by atoms with Gasteiger partial charge in [-0.05, 0) is 42.8 Å². The average molecular weight is 279 g/mol. The van der Waals surface area contributed by atoms with Gasteiger partial charge >= 0.3 is 0 Å². The molecule has 100 valence electrons. The molecule has 1 atom stereocenters. The second-order valence-electron chi connectivity index (χ2n) is 4.34. The molecule has 0 spiro atoms. The third kappa shape index (κ3) is 3.52. The van der Waals surface area contributed by atoms with Gasteiger partial charge in [0.15, 0.2) is 0 Å². The molecule has 0 radical (unpaired) electrons. The highest BCUT2D eigenvalue weighted by molar-refractivity contribution is 6.30. The first-order valence-corrected chi connectivity index (χ1v) is 6.68. The lowest BCUT2D eigenvalue weighted by Crippen LogP contribution is -2.24. The molecular formula is C15H16ClFN2. The van der Waals surface area contributed by atoms with Crippen molar-refractivity contribution < 1.29 is 4.39 Å². The van der Waals surface area contributed by atoms with Crippen molar-refractivity contribution in [2.24, 2.45) is 0 Å². The summed E-state index contributed by atoms with van der Waals surface area (Å²) in [4.78, 5) is 4.10. The van der Waals surface area contributed by atoms with E-state index in [4.69, 9.17) is 11.6 Å². The third-order valence-electron chi connectivity index (χ3n) is 2.89. The van der Waals surface area contributed by atoms with Crippen LogP contribution in [0.1, 0.15) is 30.5 Å². The molecule has 1 N–H and O–H groups in total. The third-order valence-corrected chi connectivity index (χ3v) is 3.12. The van der Waals surface area contributed by atoms with Crippen molar-refractivity contribution in [2.75, 3.05) is 6.54 Å². The molecular weight excluding hydrogens is 263 g/mol. The predicted octanol–water partition coefficient (Wildman–Crippen LogP) is 3.96. The van der Waals surface area contributed by atoms with E-state index in [0.717, 1.165) is 18.5 Å². The first-order valence-electron chi connectivity index (χ1n) is 6.30. The van der Waals surface area contributed by atoms with Crippen molar-refractivity contribution in [1.82, 2.24) is 10.3 Å². The topological polar surface area (TPSA) is 24.9 Å². The van der Waals surface area contributed by atoms with Gasteiger partial charge in [-0.1, -0.05) is 24.6 Å². The molecule has 0 aliphatic rings. The van der Waals surface area contributed by atoms with Gasteiger partial charge in [-0.25, -0.2) is 4.39 Å². The van der Waals surface area contributed by atoms with Crippen LogP contribution in [-0.4, -0.2) is 11.5 Å². The Balaban J connectivity index is 2.40. The van der Waals surface area contributed by atoms with Gasteiger partial charge in [0.2, 0.25) is 0 Å². The van der Waals surface area contributed by atoms with E-state index in [-0.39, 0.29) is 11.9 Å². The van der Waals surface area contributed by atoms with Crippen molar-refractivity contribution in [2.45, 2.75) is 19.4 Å². The maximum atomic E-state index is 14.0. The molecule has 0 saturated heterocycles. The van der Waals surface area contributed by atoms with Crippen LogP contribution in [0.5, 0.6) is 0 Å². The molecule has 2 rings (SSSR count). The smallest absolute Gasteiger partial charge is 0.128 e. The van der Waals surface area contributed by atoms with Crippen LogP contribution in [-0.2, 0) is 0 Å². The van der Waals surface area contributed by atoms with Crippen molar-refractivity contribution in [1.29, 1.82) is 0 Å². The largest absolute Gasteiger partial charge is 0.306 e. The molecule has 0 bridgehead atoms. The standard InChI is InChI=1S/C15H16ClFN2/c1-2-7-19-15(11-4-3-8-18-10-11)13-9-12(16)5-6-14(13)17/h3-6,8-10,15,19H,2,7H2,1H3. The summed E-state index contributed by atoms with van der Waals surface area (Å²) < 4.78 is 14.0. The number of aromatic nitrogens is 1. The first kappa shape index (κ1) is 14.0. The zero-order valence-corrected chi connectivity index (χ0v) is 11.5. The SMILES string of the molecule is CCCNC(c1cccnc1)c1cc(Cl)ccc1F. The Morgan fingerprint density at radius 3 is 2.89 bits per heavy atom. The number of nitrogens with one attached hydrogen (secondary N) is 1. The highest BCUT2D eigenvalue weighted by atomic mass is 35.5. The average Bonchev–Trinajstić information content (AvgIpc) is 2.44. The lowest BCUT2D eigenvalue weighted by molar-refractivity contribution is 0.546. The number of hydrogen-bond donors (Lipinski definition) is 1. The van der Waals surface area contributed by atoms with Crippen LogP contribution in [0.2, 0.25) is 5.02 Å². The minimum Gasteiger partial charge on any atom is -0.306 e. The molecule has 1 heterocycles. The monoisotopic (exact) mass is 278 g/mol. The van der Waals surface area contributed by atoms with Crippen LogP contribution in [0.4, 0.5) is 4.39 Å². The number of nitrogens with zero attached hydrogens (tertiary/aromatic N) is 1. The number of hydrogen-bond acceptors (Lipinski definition) is 2. The minimum absolute atomic E-state index is 0.229. The summed E-state index contributed by atoms with van der Waals surface area (Å²) in [6.07, 6.45) is 4.42. The number of pyridine rings is 1. The minimum atomic E-state index is -0.262. The van der Waals surface area contributed by atoms with E-state index in [1.165, 1.54) is 6.07 Å². The molecule has 1 aromatic carbocycles. The van der Waals surface area contributed by atoms with Gasteiger partial charge in [0.1, 0.15) is 5.82 Å². The van der Waals surface area contributed by atoms with Gasteiger partial charge in [0.25, 0.3) is 0 Å². The van der Waals surface area contributed by atoms with Crippen molar-refractivity contribution in [3.63, 3.8) is 0 Å². The van der Waals surface area contributed by atoms with Gasteiger partial charge in [0.05, 0.1) is 6.04 Å². The maximum Gasteiger partial charge on any atom is 0.128 e. The van der Waals surface area contributed by atoms with E-state index >= 15 is 0 Å². The van der Waals surface area contributed by atoms with Gasteiger partial charge in [-0.15, -0.1) is 0 Å². The fourth-order valence-corrected chi connectivity index (χ4v) is 2.16. The van der Waals surface area contributed by atoms with E-state index < -0.39 is 0 Å². The number of halogens is 2. The summed E-state index contributed by atoms with van der Waals surface area (Å²) >= 11 is 5.97. The van der Waals surface area contributed by atoms with Crippen LogP contribution in [0.25, 0.3) is 0 Å². The number of rotatable bonds is 5. The Morgan fingerprint density at radius 2 is 2.21 bits per heavy atom. The summed E-state index contributed by atoms with van der Waals surface area (Å²) in [5.74, 6) is -0.262. The van der Waals surface area contributed by atoms with Crippen molar-refractivity contribution in [3.8, 4) is 0 Å². The highest BCUT2D eigenvalue weighted by Crippen LogP contribution is 2.26. The molecule has 4 heteroatoms. The Morgan fingerprint density at radius 1 is 1.37 bits per heavy atom. The molecule has 2 nitrogen and oxygen atoms in total. The quantitative estimate of drug-likeness (QED) is 0.895. The van der Waals surface area contributed by atoms with E-state index in [0.29, 0.717) is 10.6 Å². The fraction of sp³-hybridized carbons (Fsp3) is 0.267. The molecule has 19 heavy (non-hydrogen) atoms. The summed E-state index contributed by atoms with van der Waals surface area (Å²) in [6.45, 7) is 2.87. The summed E-state index contributed by atoms with van der Waals surface area (Å²) in [7, 11) is 0. The van der Waals surface area contributed by atoms with E-state index in [1.54, 1.807) is 24.5 Å². The second kappa shape index (κ2) is 6.64. The second-order valence-corrected chi connectivity index (χ2v) is 4.78. The van der Waals surface area contributed by atoms with Crippen molar-refractivity contribution >= 4 is 11.6 Å². The summed E-state index contributed by atoms with van der Waals surface area (Å²) in [5.41, 5.74) is 1.48. The molecule has 1 aromatic heterocycles. The first-order chi connectivity index (χ1) is 9.22. The van der Waals surface area contributed by atoms with E-state index in [9.17, 15) is 4.39 Å². The predicted molar refractivity (Wildman–Crippen MR) is 75.8 cm³/mol. The van der Waals surface area contributed by atoms with Gasteiger partial charge in [0, 0.05) is 23.0 Å². The molecule has 2 aromatic rings. The van der Waals surface area contributed by atoms with E-state index in [2.05, 4.69) is 17.2 Å². The molecule has 0 aliphatic heterocycles. The lowest BCUT2D eigenvalue weighted by atomic mass is 9.99. The Bertz CT molecular complexity index is 531. The van der Waals surface area contributed by atoms with Crippen LogP contribution in [0.3, 0.4) is 0 Å². The zero-order valence-electron chi connectivity index (χ0n) is 10.7. The van der Waals surface area contributed by atoms with Gasteiger partial charge < -0.3 is 5.32 Å². The molecule has 1 unspecified atom stereocenters. The van der Waals surface area contributed by atoms with Crippen LogP contribution in [0, 0.1) is 5.82 Å². The molecule has 0 amide bonds. The van der Waals surface area contributed by atoms with Gasteiger partial charge in [-0.2, -0.15) is 0 Å². The normalized spacial score (nSPS) is 12.4. The lowest BCUT2D eigenvalue weighted by Gasteiger charge is -2.20. The Labute approximate surface area is 117 Å². The van der Waals surface area contributed by atoms with Gasteiger partial charge in [-0.3, -0.25) is 4.98 Å². The highest BCUT2D eigenvalue weighted by Gasteiger charge is 2.17.